The summed E-state index contributed by atoms with van der Waals surface area (Å²) < 4.78 is 2.52. The summed E-state index contributed by atoms with van der Waals surface area (Å²) in [5.74, 6) is 0.530. The normalized spacial score (nSPS) is 11.0. The van der Waals surface area contributed by atoms with Crippen molar-refractivity contribution < 1.29 is 0 Å². The number of para-hydroxylation sites is 1. The highest BCUT2D eigenvalue weighted by molar-refractivity contribution is 9.10. The molecule has 0 aliphatic rings. The van der Waals surface area contributed by atoms with E-state index >= 15 is 0 Å². The second-order valence-electron chi connectivity index (χ2n) is 6.52. The van der Waals surface area contributed by atoms with Crippen molar-refractivity contribution in [3.05, 3.63) is 97.7 Å². The quantitative estimate of drug-likeness (QED) is 0.441. The fourth-order valence-electron chi connectivity index (χ4n) is 2.98. The number of hydrogen-bond donors (Lipinski definition) is 1. The predicted octanol–water partition coefficient (Wildman–Crippen LogP) is 5.53. The van der Waals surface area contributed by atoms with Gasteiger partial charge in [-0.2, -0.15) is 0 Å². The summed E-state index contributed by atoms with van der Waals surface area (Å²) in [4.78, 5) is 17.9. The molecule has 1 N–H and O–H groups in total. The number of halogens is 2. The summed E-state index contributed by atoms with van der Waals surface area (Å²) in [5, 5.41) is 1.20. The van der Waals surface area contributed by atoms with Crippen LogP contribution in [-0.2, 0) is 6.54 Å². The Bertz CT molecular complexity index is 1220. The largest absolute Gasteiger partial charge is 0.317 e. The predicted molar refractivity (Wildman–Crippen MR) is 118 cm³/mol. The van der Waals surface area contributed by atoms with Gasteiger partial charge in [0.2, 0.25) is 0 Å². The molecule has 0 radical (unpaired) electrons. The maximum absolute atomic E-state index is 13.2. The average Bonchev–Trinajstić information content (AvgIpc) is 2.70. The minimum absolute atomic E-state index is 0.144. The molecule has 0 atom stereocenters. The van der Waals surface area contributed by atoms with Gasteiger partial charge < -0.3 is 5.43 Å². The summed E-state index contributed by atoms with van der Waals surface area (Å²) in [6.45, 7) is 2.43. The smallest absolute Gasteiger partial charge is 0.280 e. The zero-order valence-electron chi connectivity index (χ0n) is 15.1. The van der Waals surface area contributed by atoms with Crippen molar-refractivity contribution in [2.45, 2.75) is 13.5 Å². The van der Waals surface area contributed by atoms with Crippen LogP contribution in [0.25, 0.3) is 22.3 Å². The van der Waals surface area contributed by atoms with Crippen LogP contribution in [-0.4, -0.2) is 9.66 Å². The highest BCUT2D eigenvalue weighted by Crippen LogP contribution is 2.24. The number of benzene rings is 3. The molecule has 0 saturated heterocycles. The number of aromatic nitrogens is 2. The van der Waals surface area contributed by atoms with Crippen LogP contribution in [0.1, 0.15) is 11.1 Å². The third kappa shape index (κ3) is 3.68. The highest BCUT2D eigenvalue weighted by atomic mass is 79.9. The standard InChI is InChI=1S/C22H17BrClN3O/c1-14-6-9-16(12-19(14)24)21-26-20-5-3-2-4-18(20)22(28)27(21)25-13-15-7-10-17(23)11-8-15/h2-12,25H,13H2,1H3. The van der Waals surface area contributed by atoms with Crippen LogP contribution in [0.4, 0.5) is 0 Å². The SMILES string of the molecule is Cc1ccc(-c2nc3ccccc3c(=O)n2NCc2ccc(Br)cc2)cc1Cl. The maximum atomic E-state index is 13.2. The lowest BCUT2D eigenvalue weighted by Crippen LogP contribution is -2.31. The topological polar surface area (TPSA) is 46.9 Å². The van der Waals surface area contributed by atoms with E-state index < -0.39 is 0 Å². The van der Waals surface area contributed by atoms with E-state index in [-0.39, 0.29) is 5.56 Å². The highest BCUT2D eigenvalue weighted by Gasteiger charge is 2.13. The van der Waals surface area contributed by atoms with Gasteiger partial charge in [-0.25, -0.2) is 9.66 Å². The Kier molecular flexibility index (Phi) is 5.20. The van der Waals surface area contributed by atoms with Gasteiger partial charge in [-0.1, -0.05) is 63.9 Å². The first-order chi connectivity index (χ1) is 13.5. The van der Waals surface area contributed by atoms with Crippen molar-refractivity contribution in [3.63, 3.8) is 0 Å². The van der Waals surface area contributed by atoms with Crippen LogP contribution in [0.15, 0.2) is 76.0 Å². The van der Waals surface area contributed by atoms with Crippen LogP contribution >= 0.6 is 27.5 Å². The van der Waals surface area contributed by atoms with E-state index in [1.807, 2.05) is 67.6 Å². The molecule has 28 heavy (non-hydrogen) atoms. The number of nitrogens with one attached hydrogen (secondary N) is 1. The summed E-state index contributed by atoms with van der Waals surface area (Å²) >= 11 is 9.76. The molecule has 0 unspecified atom stereocenters. The second-order valence-corrected chi connectivity index (χ2v) is 7.84. The third-order valence-corrected chi connectivity index (χ3v) is 5.50. The van der Waals surface area contributed by atoms with E-state index in [9.17, 15) is 4.79 Å². The van der Waals surface area contributed by atoms with E-state index in [0.717, 1.165) is 21.2 Å². The molecule has 1 aromatic heterocycles. The molecular formula is C22H17BrClN3O. The van der Waals surface area contributed by atoms with Gasteiger partial charge in [-0.05, 0) is 48.4 Å². The van der Waals surface area contributed by atoms with Gasteiger partial charge in [0.15, 0.2) is 5.82 Å². The Morgan fingerprint density at radius 3 is 2.57 bits per heavy atom. The van der Waals surface area contributed by atoms with Crippen LogP contribution in [0.3, 0.4) is 0 Å². The molecule has 0 amide bonds. The summed E-state index contributed by atoms with van der Waals surface area (Å²) in [5.41, 5.74) is 6.54. The number of hydrogen-bond acceptors (Lipinski definition) is 3. The van der Waals surface area contributed by atoms with Gasteiger partial charge in [-0.15, -0.1) is 0 Å². The maximum Gasteiger partial charge on any atom is 0.280 e. The average molecular weight is 455 g/mol. The molecule has 0 aliphatic heterocycles. The zero-order chi connectivity index (χ0) is 19.7. The van der Waals surface area contributed by atoms with Gasteiger partial charge in [0.1, 0.15) is 0 Å². The molecule has 0 bridgehead atoms. The van der Waals surface area contributed by atoms with Crippen molar-refractivity contribution in [2.24, 2.45) is 0 Å². The fraction of sp³-hybridized carbons (Fsp3) is 0.0909. The summed E-state index contributed by atoms with van der Waals surface area (Å²) in [6.07, 6.45) is 0. The van der Waals surface area contributed by atoms with Gasteiger partial charge in [0.25, 0.3) is 5.56 Å². The minimum Gasteiger partial charge on any atom is -0.317 e. The zero-order valence-corrected chi connectivity index (χ0v) is 17.5. The molecule has 4 nitrogen and oxygen atoms in total. The number of nitrogens with zero attached hydrogens (tertiary/aromatic N) is 2. The Balaban J connectivity index is 1.84. The first kappa shape index (κ1) is 18.7. The third-order valence-electron chi connectivity index (χ3n) is 4.56. The molecule has 4 rings (SSSR count). The van der Waals surface area contributed by atoms with Crippen LogP contribution in [0.5, 0.6) is 0 Å². The molecule has 140 valence electrons. The van der Waals surface area contributed by atoms with E-state index in [1.165, 1.54) is 4.68 Å². The minimum atomic E-state index is -0.144. The van der Waals surface area contributed by atoms with E-state index in [0.29, 0.717) is 28.3 Å². The van der Waals surface area contributed by atoms with Crippen molar-refractivity contribution in [2.75, 3.05) is 5.43 Å². The summed E-state index contributed by atoms with van der Waals surface area (Å²) in [6, 6.07) is 21.0. The summed E-state index contributed by atoms with van der Waals surface area (Å²) in [7, 11) is 0. The lowest BCUT2D eigenvalue weighted by molar-refractivity contribution is 0.801. The van der Waals surface area contributed by atoms with Crippen LogP contribution in [0, 0.1) is 6.92 Å². The number of rotatable bonds is 4. The van der Waals surface area contributed by atoms with Crippen molar-refractivity contribution in [1.82, 2.24) is 9.66 Å². The van der Waals surface area contributed by atoms with Gasteiger partial charge >= 0.3 is 0 Å². The number of aryl methyl sites for hydroxylation is 1. The molecule has 1 heterocycles. The molecule has 0 spiro atoms. The van der Waals surface area contributed by atoms with Gasteiger partial charge in [0.05, 0.1) is 17.4 Å². The first-order valence-corrected chi connectivity index (χ1v) is 9.96. The fourth-order valence-corrected chi connectivity index (χ4v) is 3.42. The number of fused-ring (bicyclic) bond motifs is 1. The molecule has 6 heteroatoms. The van der Waals surface area contributed by atoms with Gasteiger partial charge in [0, 0.05) is 15.1 Å². The van der Waals surface area contributed by atoms with Crippen molar-refractivity contribution in [3.8, 4) is 11.4 Å². The van der Waals surface area contributed by atoms with Crippen LogP contribution < -0.4 is 11.0 Å². The molecular weight excluding hydrogens is 438 g/mol. The van der Waals surface area contributed by atoms with E-state index in [2.05, 4.69) is 21.4 Å². The molecule has 0 saturated carbocycles. The lowest BCUT2D eigenvalue weighted by atomic mass is 10.1. The molecule has 0 fully saturated rings. The molecule has 0 aliphatic carbocycles. The second kappa shape index (κ2) is 7.78. The molecule has 4 aromatic rings. The van der Waals surface area contributed by atoms with Gasteiger partial charge in [-0.3, -0.25) is 4.79 Å². The van der Waals surface area contributed by atoms with Crippen LogP contribution in [0.2, 0.25) is 5.02 Å². The monoisotopic (exact) mass is 453 g/mol. The van der Waals surface area contributed by atoms with E-state index in [1.54, 1.807) is 6.07 Å². The Morgan fingerprint density at radius 1 is 1.07 bits per heavy atom. The Labute approximate surface area is 175 Å². The molecule has 3 aromatic carbocycles. The lowest BCUT2D eigenvalue weighted by Gasteiger charge is -2.16. The Morgan fingerprint density at radius 2 is 1.82 bits per heavy atom. The first-order valence-electron chi connectivity index (χ1n) is 8.79. The van der Waals surface area contributed by atoms with Crippen molar-refractivity contribution >= 4 is 38.4 Å². The Hall–Kier alpha value is -2.63. The van der Waals surface area contributed by atoms with Crippen molar-refractivity contribution in [1.29, 1.82) is 0 Å². The van der Waals surface area contributed by atoms with E-state index in [4.69, 9.17) is 16.6 Å².